The molecule has 2 N–H and O–H groups in total. The fourth-order valence-corrected chi connectivity index (χ4v) is 5.17. The normalized spacial score (nSPS) is 21.5. The van der Waals surface area contributed by atoms with Gasteiger partial charge in [-0.15, -0.1) is 24.8 Å². The molecule has 2 aromatic heterocycles. The summed E-state index contributed by atoms with van der Waals surface area (Å²) in [5, 5.41) is 4.08. The van der Waals surface area contributed by atoms with Crippen molar-refractivity contribution >= 4 is 35.7 Å². The van der Waals surface area contributed by atoms with Crippen LogP contribution < -0.4 is 21.3 Å². The second-order valence-corrected chi connectivity index (χ2v) is 7.96. The number of methoxy groups -OCH3 is 1. The molecular formula is C22H26Cl2N4O3. The van der Waals surface area contributed by atoms with Gasteiger partial charge in [-0.25, -0.2) is 4.79 Å². The Morgan fingerprint density at radius 2 is 2.06 bits per heavy atom. The molecular weight excluding hydrogens is 439 g/mol. The molecule has 1 aromatic carbocycles. The molecule has 1 aliphatic heterocycles. The summed E-state index contributed by atoms with van der Waals surface area (Å²) >= 11 is 0. The van der Waals surface area contributed by atoms with E-state index in [0.717, 1.165) is 25.1 Å². The number of nitrogens with one attached hydrogen (secondary N) is 2. The topological polar surface area (TPSA) is 89.0 Å². The first-order valence-electron chi connectivity index (χ1n) is 10.1. The first-order chi connectivity index (χ1) is 14.2. The molecule has 31 heavy (non-hydrogen) atoms. The smallest absolute Gasteiger partial charge is 0.328 e. The quantitative estimate of drug-likeness (QED) is 0.619. The Bertz CT molecular complexity index is 1190. The average Bonchev–Trinajstić information content (AvgIpc) is 3.16. The van der Waals surface area contributed by atoms with Gasteiger partial charge in [0.1, 0.15) is 5.75 Å². The SMILES string of the molecule is COc1cccc2c1CCC1CNC(CCn3c(=O)[nH]c4ccncc4c3=O)C21.Cl.Cl. The molecule has 1 aliphatic carbocycles. The van der Waals surface area contributed by atoms with E-state index >= 15 is 0 Å². The number of benzene rings is 1. The van der Waals surface area contributed by atoms with Gasteiger partial charge in [0, 0.05) is 30.9 Å². The molecule has 1 fully saturated rings. The molecule has 0 spiro atoms. The number of H-pyrrole nitrogens is 1. The van der Waals surface area contributed by atoms with Gasteiger partial charge >= 0.3 is 5.69 Å². The molecule has 3 unspecified atom stereocenters. The van der Waals surface area contributed by atoms with E-state index in [1.165, 1.54) is 21.9 Å². The van der Waals surface area contributed by atoms with Gasteiger partial charge in [-0.05, 0) is 55.0 Å². The number of ether oxygens (including phenoxy) is 1. The van der Waals surface area contributed by atoms with Crippen LogP contribution >= 0.6 is 24.8 Å². The highest BCUT2D eigenvalue weighted by Crippen LogP contribution is 2.45. The number of hydrogen-bond donors (Lipinski definition) is 2. The second-order valence-electron chi connectivity index (χ2n) is 7.96. The molecule has 5 rings (SSSR count). The maximum Gasteiger partial charge on any atom is 0.328 e. The lowest BCUT2D eigenvalue weighted by Crippen LogP contribution is -2.38. The Morgan fingerprint density at radius 3 is 2.87 bits per heavy atom. The number of hydrogen-bond acceptors (Lipinski definition) is 5. The Labute approximate surface area is 192 Å². The van der Waals surface area contributed by atoms with Crippen LogP contribution in [0, 0.1) is 5.92 Å². The summed E-state index contributed by atoms with van der Waals surface area (Å²) < 4.78 is 6.88. The predicted octanol–water partition coefficient (Wildman–Crippen LogP) is 2.65. The highest BCUT2D eigenvalue weighted by Gasteiger charge is 2.40. The molecule has 166 valence electrons. The molecule has 3 aromatic rings. The summed E-state index contributed by atoms with van der Waals surface area (Å²) in [4.78, 5) is 32.1. The number of aromatic amines is 1. The fourth-order valence-electron chi connectivity index (χ4n) is 5.17. The van der Waals surface area contributed by atoms with Gasteiger partial charge in [0.2, 0.25) is 0 Å². The van der Waals surface area contributed by atoms with Gasteiger partial charge in [-0.3, -0.25) is 14.3 Å². The third-order valence-electron chi connectivity index (χ3n) is 6.54. The number of fused-ring (bicyclic) bond motifs is 4. The summed E-state index contributed by atoms with van der Waals surface area (Å²) in [6.45, 7) is 1.35. The highest BCUT2D eigenvalue weighted by atomic mass is 35.5. The Hall–Kier alpha value is -2.35. The van der Waals surface area contributed by atoms with Gasteiger partial charge in [0.25, 0.3) is 5.56 Å². The molecule has 3 atom stereocenters. The van der Waals surface area contributed by atoms with Gasteiger partial charge in [0.15, 0.2) is 0 Å². The number of pyridine rings is 1. The molecule has 7 nitrogen and oxygen atoms in total. The summed E-state index contributed by atoms with van der Waals surface area (Å²) in [6.07, 6.45) is 5.96. The number of nitrogens with zero attached hydrogens (tertiary/aromatic N) is 2. The van der Waals surface area contributed by atoms with E-state index in [9.17, 15) is 9.59 Å². The zero-order chi connectivity index (χ0) is 20.0. The van der Waals surface area contributed by atoms with Crippen molar-refractivity contribution in [2.75, 3.05) is 13.7 Å². The number of aromatic nitrogens is 3. The molecule has 9 heteroatoms. The minimum absolute atomic E-state index is 0. The van der Waals surface area contributed by atoms with Crippen LogP contribution in [-0.2, 0) is 13.0 Å². The van der Waals surface area contributed by atoms with Crippen LogP contribution in [0.3, 0.4) is 0 Å². The van der Waals surface area contributed by atoms with Gasteiger partial charge in [-0.2, -0.15) is 0 Å². The lowest BCUT2D eigenvalue weighted by atomic mass is 9.73. The standard InChI is InChI=1S/C22H24N4O3.2ClH/c1-29-19-4-2-3-15-14(19)6-5-13-11-24-18(20(13)15)8-10-26-21(27)16-12-23-9-7-17(16)25-22(26)28;;/h2-4,7,9,12-13,18,20,24H,5-6,8,10-11H2,1H3,(H,25,28);2*1H. The van der Waals surface area contributed by atoms with Crippen LogP contribution in [0.5, 0.6) is 5.75 Å². The van der Waals surface area contributed by atoms with E-state index in [0.29, 0.717) is 35.7 Å². The van der Waals surface area contributed by atoms with Gasteiger partial charge in [0.05, 0.1) is 18.0 Å². The Kier molecular flexibility index (Phi) is 7.09. The van der Waals surface area contributed by atoms with Crippen molar-refractivity contribution in [2.24, 2.45) is 5.92 Å². The molecule has 0 bridgehead atoms. The van der Waals surface area contributed by atoms with E-state index in [1.54, 1.807) is 19.4 Å². The first kappa shape index (κ1) is 23.3. The van der Waals surface area contributed by atoms with E-state index in [4.69, 9.17) is 4.74 Å². The van der Waals surface area contributed by atoms with Crippen molar-refractivity contribution in [1.82, 2.24) is 19.9 Å². The zero-order valence-corrected chi connectivity index (χ0v) is 18.8. The van der Waals surface area contributed by atoms with E-state index in [-0.39, 0.29) is 42.1 Å². The minimum Gasteiger partial charge on any atom is -0.496 e. The van der Waals surface area contributed by atoms with E-state index in [1.807, 2.05) is 6.07 Å². The van der Waals surface area contributed by atoms with Crippen LogP contribution in [-0.4, -0.2) is 34.2 Å². The summed E-state index contributed by atoms with van der Waals surface area (Å²) in [5.74, 6) is 1.92. The van der Waals surface area contributed by atoms with E-state index < -0.39 is 0 Å². The molecule has 1 saturated heterocycles. The fraction of sp³-hybridized carbons (Fsp3) is 0.409. The van der Waals surface area contributed by atoms with Crippen molar-refractivity contribution in [3.63, 3.8) is 0 Å². The third kappa shape index (κ3) is 3.97. The predicted molar refractivity (Wildman–Crippen MR) is 125 cm³/mol. The van der Waals surface area contributed by atoms with Crippen LogP contribution in [0.25, 0.3) is 10.9 Å². The lowest BCUT2D eigenvalue weighted by Gasteiger charge is -2.32. The maximum absolute atomic E-state index is 12.8. The highest BCUT2D eigenvalue weighted by molar-refractivity contribution is 5.85. The summed E-state index contributed by atoms with van der Waals surface area (Å²) in [6, 6.07) is 8.16. The van der Waals surface area contributed by atoms with Crippen molar-refractivity contribution < 1.29 is 4.74 Å². The zero-order valence-electron chi connectivity index (χ0n) is 17.2. The maximum atomic E-state index is 12.8. The van der Waals surface area contributed by atoms with Crippen molar-refractivity contribution in [1.29, 1.82) is 0 Å². The monoisotopic (exact) mass is 464 g/mol. The lowest BCUT2D eigenvalue weighted by molar-refractivity contribution is 0.371. The van der Waals surface area contributed by atoms with Crippen LogP contribution in [0.2, 0.25) is 0 Å². The molecule has 2 aliphatic rings. The molecule has 0 radical (unpaired) electrons. The molecule has 0 saturated carbocycles. The van der Waals surface area contributed by atoms with Crippen LogP contribution in [0.1, 0.15) is 29.9 Å². The third-order valence-corrected chi connectivity index (χ3v) is 6.54. The Balaban J connectivity index is 0.00000136. The number of rotatable bonds is 4. The summed E-state index contributed by atoms with van der Waals surface area (Å²) in [5.41, 5.74) is 2.53. The van der Waals surface area contributed by atoms with Crippen LogP contribution in [0.15, 0.2) is 46.2 Å². The Morgan fingerprint density at radius 1 is 1.23 bits per heavy atom. The summed E-state index contributed by atoms with van der Waals surface area (Å²) in [7, 11) is 1.72. The van der Waals surface area contributed by atoms with Crippen molar-refractivity contribution in [3.05, 3.63) is 68.6 Å². The average molecular weight is 465 g/mol. The molecule has 0 amide bonds. The van der Waals surface area contributed by atoms with Crippen molar-refractivity contribution in [3.8, 4) is 5.75 Å². The largest absolute Gasteiger partial charge is 0.496 e. The minimum atomic E-state index is -0.367. The number of halogens is 2. The van der Waals surface area contributed by atoms with Crippen molar-refractivity contribution in [2.45, 2.75) is 37.8 Å². The molecule has 3 heterocycles. The second kappa shape index (κ2) is 9.42. The van der Waals surface area contributed by atoms with Crippen LogP contribution in [0.4, 0.5) is 0 Å². The van der Waals surface area contributed by atoms with Gasteiger partial charge in [-0.1, -0.05) is 12.1 Å². The van der Waals surface area contributed by atoms with E-state index in [2.05, 4.69) is 27.4 Å². The first-order valence-corrected chi connectivity index (χ1v) is 10.1. The van der Waals surface area contributed by atoms with Gasteiger partial charge < -0.3 is 15.0 Å².